The topological polar surface area (TPSA) is 86.2 Å². The summed E-state index contributed by atoms with van der Waals surface area (Å²) < 4.78 is 0. The third-order valence-corrected chi connectivity index (χ3v) is 5.09. The number of nitrogens with zero attached hydrogens (tertiary/aromatic N) is 1. The average molecular weight is 294 g/mol. The Bertz CT molecular complexity index is 598. The predicted molar refractivity (Wildman–Crippen MR) is 78.5 cm³/mol. The molecular weight excluding hydrogens is 276 g/mol. The summed E-state index contributed by atoms with van der Waals surface area (Å²) in [7, 11) is 0. The minimum absolute atomic E-state index is 0.0944. The van der Waals surface area contributed by atoms with Crippen molar-refractivity contribution in [2.24, 2.45) is 11.8 Å². The number of aliphatic hydroxyl groups is 2. The zero-order valence-electron chi connectivity index (χ0n) is 11.2. The number of aromatic amines is 1. The molecule has 1 aromatic rings. The minimum atomic E-state index is -0.773. The van der Waals surface area contributed by atoms with Gasteiger partial charge in [0.25, 0.3) is 5.56 Å². The highest BCUT2D eigenvalue weighted by Crippen LogP contribution is 2.43. The second-order valence-electron chi connectivity index (χ2n) is 5.46. The van der Waals surface area contributed by atoms with E-state index in [4.69, 9.17) is 0 Å². The molecule has 4 atom stereocenters. The lowest BCUT2D eigenvalue weighted by Crippen LogP contribution is -2.29. The van der Waals surface area contributed by atoms with Gasteiger partial charge in [-0.05, 0) is 36.3 Å². The van der Waals surface area contributed by atoms with Crippen LogP contribution in [0.2, 0.25) is 0 Å². The van der Waals surface area contributed by atoms with Crippen LogP contribution in [0.1, 0.15) is 17.7 Å². The minimum Gasteiger partial charge on any atom is -0.390 e. The molecule has 0 aromatic carbocycles. The van der Waals surface area contributed by atoms with Crippen molar-refractivity contribution in [3.8, 4) is 0 Å². The maximum Gasteiger partial charge on any atom is 0.254 e. The number of hydrogen-bond donors (Lipinski definition) is 3. The molecule has 5 nitrogen and oxygen atoms in total. The molecule has 2 aliphatic rings. The molecule has 0 saturated heterocycles. The molecule has 1 heterocycles. The molecule has 2 aliphatic carbocycles. The third kappa shape index (κ3) is 2.12. The molecule has 20 heavy (non-hydrogen) atoms. The summed E-state index contributed by atoms with van der Waals surface area (Å²) >= 11 is 1.68. The van der Waals surface area contributed by atoms with Crippen molar-refractivity contribution < 1.29 is 10.2 Å². The maximum atomic E-state index is 11.7. The van der Waals surface area contributed by atoms with Gasteiger partial charge in [-0.15, -0.1) is 0 Å². The predicted octanol–water partition coefficient (Wildman–Crippen LogP) is 0.430. The van der Waals surface area contributed by atoms with Crippen molar-refractivity contribution in [2.45, 2.75) is 25.0 Å². The Morgan fingerprint density at radius 1 is 1.45 bits per heavy atom. The standard InChI is InChI=1S/C14H18N2O3S/c1-20-5-7-4-10(13(18)12(7)17)8-2-3-9-11(8)15-6-16-14(9)19/h2,6-7,10,12-13,17-18H,3-5H2,1H3,(H,15,16,19)/t7-,10+,12+,13?/m1/s1. The van der Waals surface area contributed by atoms with Gasteiger partial charge >= 0.3 is 0 Å². The van der Waals surface area contributed by atoms with Crippen LogP contribution in [0, 0.1) is 11.8 Å². The summed E-state index contributed by atoms with van der Waals surface area (Å²) in [5, 5.41) is 20.4. The van der Waals surface area contributed by atoms with Crippen molar-refractivity contribution in [3.05, 3.63) is 34.0 Å². The Morgan fingerprint density at radius 2 is 2.25 bits per heavy atom. The summed E-state index contributed by atoms with van der Waals surface area (Å²) in [6.07, 6.45) is 5.19. The van der Waals surface area contributed by atoms with Gasteiger partial charge in [-0.25, -0.2) is 4.98 Å². The second kappa shape index (κ2) is 5.35. The smallest absolute Gasteiger partial charge is 0.254 e. The van der Waals surface area contributed by atoms with E-state index in [0.717, 1.165) is 17.7 Å². The monoisotopic (exact) mass is 294 g/mol. The zero-order valence-corrected chi connectivity index (χ0v) is 12.1. The molecule has 3 N–H and O–H groups in total. The van der Waals surface area contributed by atoms with E-state index in [0.29, 0.717) is 17.7 Å². The second-order valence-corrected chi connectivity index (χ2v) is 6.37. The van der Waals surface area contributed by atoms with Crippen molar-refractivity contribution in [1.29, 1.82) is 0 Å². The number of aliphatic hydroxyl groups excluding tert-OH is 2. The number of aromatic nitrogens is 2. The van der Waals surface area contributed by atoms with Crippen molar-refractivity contribution in [3.63, 3.8) is 0 Å². The van der Waals surface area contributed by atoms with E-state index < -0.39 is 12.2 Å². The van der Waals surface area contributed by atoms with Crippen molar-refractivity contribution in [2.75, 3.05) is 12.0 Å². The molecule has 108 valence electrons. The van der Waals surface area contributed by atoms with Crippen molar-refractivity contribution >= 4 is 17.3 Å². The maximum absolute atomic E-state index is 11.7. The molecule has 6 heteroatoms. The van der Waals surface area contributed by atoms with Gasteiger partial charge in [0.2, 0.25) is 0 Å². The first-order valence-corrected chi connectivity index (χ1v) is 8.15. The van der Waals surface area contributed by atoms with Gasteiger partial charge in [0.05, 0.1) is 24.2 Å². The van der Waals surface area contributed by atoms with E-state index in [1.54, 1.807) is 11.8 Å². The first kappa shape index (κ1) is 13.9. The van der Waals surface area contributed by atoms with Gasteiger partial charge in [-0.1, -0.05) is 6.08 Å². The van der Waals surface area contributed by atoms with Crippen LogP contribution in [0.4, 0.5) is 0 Å². The van der Waals surface area contributed by atoms with Crippen LogP contribution in [0.5, 0.6) is 0 Å². The summed E-state index contributed by atoms with van der Waals surface area (Å²) in [6.45, 7) is 0. The highest BCUT2D eigenvalue weighted by molar-refractivity contribution is 7.98. The van der Waals surface area contributed by atoms with Crippen molar-refractivity contribution in [1.82, 2.24) is 9.97 Å². The molecule has 3 rings (SSSR count). The fourth-order valence-electron chi connectivity index (χ4n) is 3.32. The van der Waals surface area contributed by atoms with Crippen LogP contribution >= 0.6 is 11.8 Å². The fraction of sp³-hybridized carbons (Fsp3) is 0.571. The molecule has 1 saturated carbocycles. The number of H-pyrrole nitrogens is 1. The number of nitrogens with one attached hydrogen (secondary N) is 1. The summed E-state index contributed by atoms with van der Waals surface area (Å²) in [6, 6.07) is 0. The number of fused-ring (bicyclic) bond motifs is 1. The lowest BCUT2D eigenvalue weighted by molar-refractivity contribution is 0.0160. The van der Waals surface area contributed by atoms with Crippen LogP contribution in [-0.4, -0.2) is 44.4 Å². The van der Waals surface area contributed by atoms with Crippen LogP contribution in [-0.2, 0) is 6.42 Å². The Balaban J connectivity index is 1.89. The first-order valence-electron chi connectivity index (χ1n) is 6.75. The van der Waals surface area contributed by atoms with Gasteiger partial charge in [-0.3, -0.25) is 4.79 Å². The quantitative estimate of drug-likeness (QED) is 0.752. The lowest BCUT2D eigenvalue weighted by Gasteiger charge is -2.18. The first-order chi connectivity index (χ1) is 9.63. The van der Waals surface area contributed by atoms with Crippen LogP contribution < -0.4 is 5.56 Å². The highest BCUT2D eigenvalue weighted by Gasteiger charge is 2.44. The largest absolute Gasteiger partial charge is 0.390 e. The fourth-order valence-corrected chi connectivity index (χ4v) is 4.08. The van der Waals surface area contributed by atoms with E-state index in [1.165, 1.54) is 6.33 Å². The Kier molecular flexibility index (Phi) is 3.70. The molecule has 0 amide bonds. The van der Waals surface area contributed by atoms with Crippen LogP contribution in [0.3, 0.4) is 0 Å². The van der Waals surface area contributed by atoms with E-state index in [-0.39, 0.29) is 17.4 Å². The van der Waals surface area contributed by atoms with Gasteiger partial charge in [0.1, 0.15) is 0 Å². The van der Waals surface area contributed by atoms with E-state index >= 15 is 0 Å². The number of rotatable bonds is 3. The molecule has 0 radical (unpaired) electrons. The molecule has 0 bridgehead atoms. The molecule has 1 fully saturated rings. The van der Waals surface area contributed by atoms with E-state index in [1.807, 2.05) is 12.3 Å². The summed E-state index contributed by atoms with van der Waals surface area (Å²) in [5.41, 5.74) is 2.16. The average Bonchev–Trinajstić information content (AvgIpc) is 2.97. The van der Waals surface area contributed by atoms with Gasteiger partial charge in [0.15, 0.2) is 0 Å². The third-order valence-electron chi connectivity index (χ3n) is 4.33. The van der Waals surface area contributed by atoms with Crippen LogP contribution in [0.25, 0.3) is 5.57 Å². The SMILES string of the molecule is CSC[C@H]1C[C@@H](C2=CCc3c2nc[nH]c3=O)C(O)[C@H]1O. The normalized spacial score (nSPS) is 32.2. The number of thioether (sulfide) groups is 1. The summed E-state index contributed by atoms with van der Waals surface area (Å²) in [4.78, 5) is 18.6. The molecule has 1 unspecified atom stereocenters. The molecule has 0 spiro atoms. The highest BCUT2D eigenvalue weighted by atomic mass is 32.2. The Hall–Kier alpha value is -1.11. The van der Waals surface area contributed by atoms with E-state index in [9.17, 15) is 15.0 Å². The Labute approximate surface area is 121 Å². The molecular formula is C14H18N2O3S. The van der Waals surface area contributed by atoms with Gasteiger partial charge < -0.3 is 15.2 Å². The molecule has 0 aliphatic heterocycles. The van der Waals surface area contributed by atoms with E-state index in [2.05, 4.69) is 9.97 Å². The lowest BCUT2D eigenvalue weighted by atomic mass is 9.93. The zero-order chi connectivity index (χ0) is 14.3. The van der Waals surface area contributed by atoms with Crippen LogP contribution in [0.15, 0.2) is 17.2 Å². The molecule has 1 aromatic heterocycles. The van der Waals surface area contributed by atoms with Gasteiger partial charge in [-0.2, -0.15) is 11.8 Å². The Morgan fingerprint density at radius 3 is 3.00 bits per heavy atom. The van der Waals surface area contributed by atoms with Gasteiger partial charge in [0, 0.05) is 11.5 Å². The number of hydrogen-bond acceptors (Lipinski definition) is 5. The summed E-state index contributed by atoms with van der Waals surface area (Å²) in [5.74, 6) is 0.798. The number of allylic oxidation sites excluding steroid dienone is 1.